The van der Waals surface area contributed by atoms with Crippen LogP contribution in [-0.4, -0.2) is 40.8 Å². The molecule has 1 aliphatic rings. The Morgan fingerprint density at radius 1 is 1.27 bits per heavy atom. The SMILES string of the molecule is COc1ccc(Cl)cc1C(=O)NC1COCCn2c1nc(-c1ccncc1)cc2=O. The van der Waals surface area contributed by atoms with Crippen LogP contribution in [0.25, 0.3) is 11.3 Å². The molecule has 1 aromatic carbocycles. The summed E-state index contributed by atoms with van der Waals surface area (Å²) in [5.74, 6) is 0.420. The Morgan fingerprint density at radius 3 is 2.83 bits per heavy atom. The maximum atomic E-state index is 13.0. The van der Waals surface area contributed by atoms with Crippen LogP contribution in [-0.2, 0) is 11.3 Å². The molecule has 1 unspecified atom stereocenters. The summed E-state index contributed by atoms with van der Waals surface area (Å²) in [6, 6.07) is 9.19. The van der Waals surface area contributed by atoms with Gasteiger partial charge in [0, 0.05) is 29.0 Å². The molecule has 1 aliphatic heterocycles. The lowest BCUT2D eigenvalue weighted by molar-refractivity contribution is 0.0853. The molecule has 8 nitrogen and oxygen atoms in total. The molecule has 3 heterocycles. The number of nitrogens with one attached hydrogen (secondary N) is 1. The molecule has 0 saturated heterocycles. The molecule has 2 aromatic heterocycles. The number of rotatable bonds is 4. The standard InChI is InChI=1S/C21H19ClN4O4/c1-29-18-3-2-14(22)10-15(18)21(28)25-17-12-30-9-8-26-19(27)11-16(24-20(17)26)13-4-6-23-7-5-13/h2-7,10-11,17H,8-9,12H2,1H3,(H,25,28). The highest BCUT2D eigenvalue weighted by atomic mass is 35.5. The highest BCUT2D eigenvalue weighted by Crippen LogP contribution is 2.24. The van der Waals surface area contributed by atoms with E-state index in [4.69, 9.17) is 21.1 Å². The fraction of sp³-hybridized carbons (Fsp3) is 0.238. The molecule has 30 heavy (non-hydrogen) atoms. The maximum absolute atomic E-state index is 13.0. The van der Waals surface area contributed by atoms with E-state index in [-0.39, 0.29) is 17.7 Å². The van der Waals surface area contributed by atoms with E-state index in [0.29, 0.717) is 35.4 Å². The molecule has 9 heteroatoms. The van der Waals surface area contributed by atoms with Crippen LogP contribution in [0, 0.1) is 0 Å². The average molecular weight is 427 g/mol. The Kier molecular flexibility index (Phi) is 5.78. The van der Waals surface area contributed by atoms with Crippen LogP contribution in [0.5, 0.6) is 5.75 Å². The maximum Gasteiger partial charge on any atom is 0.255 e. The molecule has 3 aromatic rings. The second kappa shape index (κ2) is 8.64. The first kappa shape index (κ1) is 20.1. The molecule has 0 bridgehead atoms. The van der Waals surface area contributed by atoms with E-state index in [2.05, 4.69) is 15.3 Å². The van der Waals surface area contributed by atoms with E-state index >= 15 is 0 Å². The quantitative estimate of drug-likeness (QED) is 0.688. The van der Waals surface area contributed by atoms with Crippen molar-refractivity contribution in [3.63, 3.8) is 0 Å². The molecule has 0 spiro atoms. The van der Waals surface area contributed by atoms with E-state index in [1.165, 1.54) is 23.8 Å². The molecule has 4 rings (SSSR count). The summed E-state index contributed by atoms with van der Waals surface area (Å²) in [6.07, 6.45) is 3.27. The van der Waals surface area contributed by atoms with E-state index in [0.717, 1.165) is 5.56 Å². The van der Waals surface area contributed by atoms with Crippen molar-refractivity contribution < 1.29 is 14.3 Å². The Morgan fingerprint density at radius 2 is 2.07 bits per heavy atom. The topological polar surface area (TPSA) is 95.3 Å². The lowest BCUT2D eigenvalue weighted by Gasteiger charge is -2.20. The minimum Gasteiger partial charge on any atom is -0.496 e. The molecular formula is C21H19ClN4O4. The molecule has 1 amide bonds. The lowest BCUT2D eigenvalue weighted by atomic mass is 10.1. The number of pyridine rings is 1. The van der Waals surface area contributed by atoms with Gasteiger partial charge < -0.3 is 14.8 Å². The van der Waals surface area contributed by atoms with Crippen LogP contribution < -0.4 is 15.6 Å². The number of hydrogen-bond acceptors (Lipinski definition) is 6. The van der Waals surface area contributed by atoms with Crippen molar-refractivity contribution in [1.29, 1.82) is 0 Å². The number of ether oxygens (including phenoxy) is 2. The minimum atomic E-state index is -0.627. The van der Waals surface area contributed by atoms with Crippen molar-refractivity contribution in [2.75, 3.05) is 20.3 Å². The van der Waals surface area contributed by atoms with E-state index in [9.17, 15) is 9.59 Å². The molecule has 1 atom stereocenters. The van der Waals surface area contributed by atoms with Crippen molar-refractivity contribution in [3.8, 4) is 17.0 Å². The van der Waals surface area contributed by atoms with Gasteiger partial charge in [-0.2, -0.15) is 0 Å². The lowest BCUT2D eigenvalue weighted by Crippen LogP contribution is -2.35. The number of halogens is 1. The Labute approximate surface area is 177 Å². The number of aromatic nitrogens is 3. The van der Waals surface area contributed by atoms with Crippen molar-refractivity contribution in [1.82, 2.24) is 19.9 Å². The number of fused-ring (bicyclic) bond motifs is 1. The minimum absolute atomic E-state index is 0.181. The van der Waals surface area contributed by atoms with Gasteiger partial charge in [-0.05, 0) is 30.3 Å². The Bertz CT molecular complexity index is 1130. The molecule has 154 valence electrons. The molecule has 0 aliphatic carbocycles. The summed E-state index contributed by atoms with van der Waals surface area (Å²) in [5.41, 5.74) is 1.35. The molecule has 0 radical (unpaired) electrons. The average Bonchev–Trinajstić information content (AvgIpc) is 2.97. The van der Waals surface area contributed by atoms with Crippen LogP contribution in [0.4, 0.5) is 0 Å². The summed E-state index contributed by atoms with van der Waals surface area (Å²) in [7, 11) is 1.48. The second-order valence-electron chi connectivity index (χ2n) is 6.67. The summed E-state index contributed by atoms with van der Waals surface area (Å²) in [6.45, 7) is 0.877. The number of amides is 1. The van der Waals surface area contributed by atoms with E-state index < -0.39 is 11.9 Å². The molecule has 0 saturated carbocycles. The Balaban J connectivity index is 1.72. The summed E-state index contributed by atoms with van der Waals surface area (Å²) in [4.78, 5) is 34.4. The molecule has 0 fully saturated rings. The Hall–Kier alpha value is -3.23. The van der Waals surface area contributed by atoms with Crippen LogP contribution in [0.1, 0.15) is 22.2 Å². The van der Waals surface area contributed by atoms with Gasteiger partial charge >= 0.3 is 0 Å². The highest BCUT2D eigenvalue weighted by Gasteiger charge is 2.26. The van der Waals surface area contributed by atoms with Crippen molar-refractivity contribution in [2.24, 2.45) is 0 Å². The zero-order chi connectivity index (χ0) is 21.1. The van der Waals surface area contributed by atoms with Crippen LogP contribution in [0.2, 0.25) is 5.02 Å². The van der Waals surface area contributed by atoms with Gasteiger partial charge in [0.15, 0.2) is 0 Å². The number of nitrogens with zero attached hydrogens (tertiary/aromatic N) is 3. The van der Waals surface area contributed by atoms with Gasteiger partial charge in [0.1, 0.15) is 17.6 Å². The number of methoxy groups -OCH3 is 1. The normalized spacial score (nSPS) is 15.7. The third kappa shape index (κ3) is 4.05. The number of benzene rings is 1. The van der Waals surface area contributed by atoms with Crippen molar-refractivity contribution in [3.05, 3.63) is 75.6 Å². The van der Waals surface area contributed by atoms with Gasteiger partial charge in [-0.25, -0.2) is 4.98 Å². The van der Waals surface area contributed by atoms with Crippen molar-refractivity contribution >= 4 is 17.5 Å². The second-order valence-corrected chi connectivity index (χ2v) is 7.11. The first-order valence-electron chi connectivity index (χ1n) is 9.31. The van der Waals surface area contributed by atoms with Gasteiger partial charge in [-0.3, -0.25) is 19.1 Å². The van der Waals surface area contributed by atoms with Crippen molar-refractivity contribution in [2.45, 2.75) is 12.6 Å². The fourth-order valence-electron chi connectivity index (χ4n) is 3.32. The highest BCUT2D eigenvalue weighted by molar-refractivity contribution is 6.31. The van der Waals surface area contributed by atoms with Gasteiger partial charge in [-0.15, -0.1) is 0 Å². The van der Waals surface area contributed by atoms with Gasteiger partial charge in [0.25, 0.3) is 11.5 Å². The summed E-state index contributed by atoms with van der Waals surface area (Å²) < 4.78 is 12.4. The third-order valence-electron chi connectivity index (χ3n) is 4.78. The summed E-state index contributed by atoms with van der Waals surface area (Å²) >= 11 is 6.05. The van der Waals surface area contributed by atoms with E-state index in [1.807, 2.05) is 0 Å². The third-order valence-corrected chi connectivity index (χ3v) is 5.02. The zero-order valence-corrected chi connectivity index (χ0v) is 16.9. The molecule has 1 N–H and O–H groups in total. The first-order valence-corrected chi connectivity index (χ1v) is 9.69. The van der Waals surface area contributed by atoms with E-state index in [1.54, 1.807) is 36.7 Å². The monoisotopic (exact) mass is 426 g/mol. The van der Waals surface area contributed by atoms with Crippen LogP contribution in [0.3, 0.4) is 0 Å². The predicted molar refractivity (Wildman–Crippen MR) is 111 cm³/mol. The largest absolute Gasteiger partial charge is 0.496 e. The number of carbonyl (C=O) groups excluding carboxylic acids is 1. The van der Waals surface area contributed by atoms with Gasteiger partial charge in [0.05, 0.1) is 38.1 Å². The summed E-state index contributed by atoms with van der Waals surface area (Å²) in [5, 5.41) is 3.31. The van der Waals surface area contributed by atoms with Crippen LogP contribution >= 0.6 is 11.6 Å². The van der Waals surface area contributed by atoms with Gasteiger partial charge in [0.2, 0.25) is 0 Å². The molecular weight excluding hydrogens is 408 g/mol. The number of hydrogen-bond donors (Lipinski definition) is 1. The smallest absolute Gasteiger partial charge is 0.255 e. The fourth-order valence-corrected chi connectivity index (χ4v) is 3.49. The number of carbonyl (C=O) groups is 1. The van der Waals surface area contributed by atoms with Gasteiger partial charge in [-0.1, -0.05) is 11.6 Å². The van der Waals surface area contributed by atoms with Crippen LogP contribution in [0.15, 0.2) is 53.6 Å². The predicted octanol–water partition coefficient (Wildman–Crippen LogP) is 2.47. The zero-order valence-electron chi connectivity index (χ0n) is 16.2. The first-order chi connectivity index (χ1) is 14.6.